The van der Waals surface area contributed by atoms with E-state index in [0.29, 0.717) is 12.1 Å². The van der Waals surface area contributed by atoms with Gasteiger partial charge in [0.1, 0.15) is 5.75 Å². The zero-order chi connectivity index (χ0) is 22.9. The van der Waals surface area contributed by atoms with Crippen LogP contribution in [0.2, 0.25) is 0 Å². The van der Waals surface area contributed by atoms with Crippen LogP contribution >= 0.6 is 0 Å². The van der Waals surface area contributed by atoms with Crippen LogP contribution in [-0.2, 0) is 12.1 Å². The molecule has 1 aliphatic carbocycles. The number of hydrogen-bond donors (Lipinski definition) is 3. The maximum absolute atomic E-state index is 12.7. The molecule has 1 saturated carbocycles. The van der Waals surface area contributed by atoms with Crippen molar-refractivity contribution in [2.45, 2.75) is 44.9 Å². The molecule has 0 aromatic heterocycles. The van der Waals surface area contributed by atoms with E-state index in [1.807, 2.05) is 29.2 Å². The third-order valence-corrected chi connectivity index (χ3v) is 6.48. The Morgan fingerprint density at radius 1 is 1.09 bits per heavy atom. The molecule has 3 amide bonds. The predicted octanol–water partition coefficient (Wildman–Crippen LogP) is 3.03. The molecule has 1 aliphatic heterocycles. The van der Waals surface area contributed by atoms with Crippen LogP contribution in [0, 0.1) is 5.41 Å². The second-order valence-corrected chi connectivity index (χ2v) is 9.58. The van der Waals surface area contributed by atoms with Crippen LogP contribution in [0.5, 0.6) is 5.75 Å². The van der Waals surface area contributed by atoms with Gasteiger partial charge in [-0.15, -0.1) is 0 Å². The van der Waals surface area contributed by atoms with Crippen molar-refractivity contribution in [3.63, 3.8) is 0 Å². The monoisotopic (exact) mass is 437 g/mol. The van der Waals surface area contributed by atoms with E-state index in [4.69, 9.17) is 4.74 Å². The summed E-state index contributed by atoms with van der Waals surface area (Å²) in [6, 6.07) is 14.7. The fraction of sp³-hybridized carbons (Fsp3) is 0.440. The largest absolute Gasteiger partial charge is 0.497 e. The van der Waals surface area contributed by atoms with Crippen molar-refractivity contribution in [1.29, 1.82) is 0 Å². The lowest BCUT2D eigenvalue weighted by Gasteiger charge is -2.59. The maximum Gasteiger partial charge on any atom is 0.315 e. The summed E-state index contributed by atoms with van der Waals surface area (Å²) in [6.45, 7) is 5.37. The number of benzene rings is 2. The molecule has 0 radical (unpaired) electrons. The lowest BCUT2D eigenvalue weighted by Crippen LogP contribution is -2.67. The molecule has 0 bridgehead atoms. The van der Waals surface area contributed by atoms with Crippen LogP contribution in [-0.4, -0.2) is 48.2 Å². The first-order valence-electron chi connectivity index (χ1n) is 11.0. The SMILES string of the molecule is COc1ccc(CNC(=O)NC2CC3(C2)CN(C(=O)c2ccc(C(C)(C)O)cc2)C3)cc1. The Labute approximate surface area is 188 Å². The van der Waals surface area contributed by atoms with Gasteiger partial charge in [-0.1, -0.05) is 24.3 Å². The molecule has 0 unspecified atom stereocenters. The third-order valence-electron chi connectivity index (χ3n) is 6.48. The molecule has 2 aromatic rings. The van der Waals surface area contributed by atoms with Crippen LogP contribution in [0.4, 0.5) is 4.79 Å². The van der Waals surface area contributed by atoms with Gasteiger partial charge >= 0.3 is 6.03 Å². The highest BCUT2D eigenvalue weighted by atomic mass is 16.5. The molecule has 7 nitrogen and oxygen atoms in total. The Hall–Kier alpha value is -3.06. The smallest absolute Gasteiger partial charge is 0.315 e. The quantitative estimate of drug-likeness (QED) is 0.648. The van der Waals surface area contributed by atoms with Crippen molar-refractivity contribution in [3.05, 3.63) is 65.2 Å². The normalized spacial score (nSPS) is 17.3. The highest BCUT2D eigenvalue weighted by molar-refractivity contribution is 5.95. The van der Waals surface area contributed by atoms with Crippen molar-refractivity contribution in [2.75, 3.05) is 20.2 Å². The number of urea groups is 1. The lowest BCUT2D eigenvalue weighted by molar-refractivity contribution is -0.0585. The van der Waals surface area contributed by atoms with Crippen LogP contribution in [0.15, 0.2) is 48.5 Å². The minimum Gasteiger partial charge on any atom is -0.497 e. The first kappa shape index (κ1) is 22.1. The Morgan fingerprint density at radius 2 is 1.72 bits per heavy atom. The Morgan fingerprint density at radius 3 is 2.28 bits per heavy atom. The number of methoxy groups -OCH3 is 1. The Kier molecular flexibility index (Phi) is 5.86. The predicted molar refractivity (Wildman–Crippen MR) is 121 cm³/mol. The van der Waals surface area contributed by atoms with Crippen molar-refractivity contribution in [2.24, 2.45) is 5.41 Å². The number of nitrogens with one attached hydrogen (secondary N) is 2. The van der Waals surface area contributed by atoms with Gasteiger partial charge in [0.05, 0.1) is 12.7 Å². The summed E-state index contributed by atoms with van der Waals surface area (Å²) < 4.78 is 5.14. The highest BCUT2D eigenvalue weighted by Gasteiger charge is 2.54. The zero-order valence-electron chi connectivity index (χ0n) is 18.9. The van der Waals surface area contributed by atoms with Gasteiger partial charge in [0, 0.05) is 36.7 Å². The average molecular weight is 438 g/mol. The molecule has 2 aromatic carbocycles. The first-order chi connectivity index (χ1) is 15.2. The molecular formula is C25H31N3O4. The number of aliphatic hydroxyl groups is 1. The number of amides is 3. The summed E-state index contributed by atoms with van der Waals surface area (Å²) in [5.41, 5.74) is 1.65. The molecule has 7 heteroatoms. The summed E-state index contributed by atoms with van der Waals surface area (Å²) in [5.74, 6) is 0.809. The molecule has 2 fully saturated rings. The second kappa shape index (κ2) is 8.47. The summed E-state index contributed by atoms with van der Waals surface area (Å²) in [5, 5.41) is 16.0. The van der Waals surface area contributed by atoms with E-state index in [0.717, 1.165) is 42.8 Å². The van der Waals surface area contributed by atoms with Crippen molar-refractivity contribution >= 4 is 11.9 Å². The van der Waals surface area contributed by atoms with Gasteiger partial charge in [0.25, 0.3) is 5.91 Å². The molecule has 4 rings (SSSR count). The minimum atomic E-state index is -0.919. The standard InChI is InChI=1S/C25H31N3O4/c1-24(2,31)19-8-6-18(7-9-19)22(29)28-15-25(16-28)12-20(13-25)27-23(30)26-14-17-4-10-21(32-3)11-5-17/h4-11,20,31H,12-16H2,1-3H3,(H2,26,27,30). The van der Waals surface area contributed by atoms with Gasteiger partial charge < -0.3 is 25.4 Å². The van der Waals surface area contributed by atoms with E-state index in [1.165, 1.54) is 0 Å². The third kappa shape index (κ3) is 4.72. The number of ether oxygens (including phenoxy) is 1. The van der Waals surface area contributed by atoms with Gasteiger partial charge in [0.2, 0.25) is 0 Å². The molecular weight excluding hydrogens is 406 g/mol. The van der Waals surface area contributed by atoms with Crippen molar-refractivity contribution < 1.29 is 19.4 Å². The number of hydrogen-bond acceptors (Lipinski definition) is 4. The average Bonchev–Trinajstić information content (AvgIpc) is 2.72. The van der Waals surface area contributed by atoms with Gasteiger partial charge in [-0.25, -0.2) is 4.79 Å². The molecule has 0 atom stereocenters. The Bertz CT molecular complexity index is 966. The first-order valence-corrected chi connectivity index (χ1v) is 11.0. The van der Waals surface area contributed by atoms with E-state index in [-0.39, 0.29) is 23.4 Å². The fourth-order valence-electron chi connectivity index (χ4n) is 4.62. The lowest BCUT2D eigenvalue weighted by atomic mass is 9.60. The molecule has 1 heterocycles. The van der Waals surface area contributed by atoms with Gasteiger partial charge in [-0.3, -0.25) is 4.79 Å². The van der Waals surface area contributed by atoms with Crippen LogP contribution in [0.25, 0.3) is 0 Å². The van der Waals surface area contributed by atoms with E-state index < -0.39 is 5.60 Å². The summed E-state index contributed by atoms with van der Waals surface area (Å²) >= 11 is 0. The van der Waals surface area contributed by atoms with E-state index >= 15 is 0 Å². The van der Waals surface area contributed by atoms with Gasteiger partial charge in [-0.05, 0) is 62.1 Å². The van der Waals surface area contributed by atoms with Gasteiger partial charge in [-0.2, -0.15) is 0 Å². The van der Waals surface area contributed by atoms with E-state index in [1.54, 1.807) is 45.2 Å². The maximum atomic E-state index is 12.7. The fourth-order valence-corrected chi connectivity index (χ4v) is 4.62. The zero-order valence-corrected chi connectivity index (χ0v) is 18.9. The van der Waals surface area contributed by atoms with E-state index in [9.17, 15) is 14.7 Å². The van der Waals surface area contributed by atoms with Crippen LogP contribution < -0.4 is 15.4 Å². The van der Waals surface area contributed by atoms with Crippen molar-refractivity contribution in [1.82, 2.24) is 15.5 Å². The Balaban J connectivity index is 1.18. The molecule has 32 heavy (non-hydrogen) atoms. The summed E-state index contributed by atoms with van der Waals surface area (Å²) in [7, 11) is 1.62. The van der Waals surface area contributed by atoms with Crippen LogP contribution in [0.1, 0.15) is 48.2 Å². The van der Waals surface area contributed by atoms with Gasteiger partial charge in [0.15, 0.2) is 0 Å². The number of nitrogens with zero attached hydrogens (tertiary/aromatic N) is 1. The molecule has 1 spiro atoms. The van der Waals surface area contributed by atoms with Crippen molar-refractivity contribution in [3.8, 4) is 5.75 Å². The van der Waals surface area contributed by atoms with Crippen LogP contribution in [0.3, 0.4) is 0 Å². The molecule has 3 N–H and O–H groups in total. The van der Waals surface area contributed by atoms with E-state index in [2.05, 4.69) is 10.6 Å². The summed E-state index contributed by atoms with van der Waals surface area (Å²) in [6.07, 6.45) is 1.79. The number of carbonyl (C=O) groups excluding carboxylic acids is 2. The molecule has 2 aliphatic rings. The number of likely N-dealkylation sites (tertiary alicyclic amines) is 1. The number of rotatable bonds is 6. The summed E-state index contributed by atoms with van der Waals surface area (Å²) in [4.78, 5) is 26.8. The minimum absolute atomic E-state index is 0.0200. The second-order valence-electron chi connectivity index (χ2n) is 9.58. The molecule has 170 valence electrons. The topological polar surface area (TPSA) is 90.9 Å². The number of carbonyl (C=O) groups is 2. The molecule has 1 saturated heterocycles. The highest BCUT2D eigenvalue weighted by Crippen LogP contribution is 2.48.